The zero-order valence-corrected chi connectivity index (χ0v) is 11.0. The van der Waals surface area contributed by atoms with Gasteiger partial charge in [-0.1, -0.05) is 18.5 Å². The second-order valence-electron chi connectivity index (χ2n) is 4.38. The number of hydrogen-bond acceptors (Lipinski definition) is 3. The van der Waals surface area contributed by atoms with E-state index in [1.54, 1.807) is 6.07 Å². The number of carbonyl (C=O) groups is 1. The van der Waals surface area contributed by atoms with Gasteiger partial charge in [0.2, 0.25) is 5.91 Å². The Morgan fingerprint density at radius 2 is 2.32 bits per heavy atom. The molecule has 0 aliphatic carbocycles. The average Bonchev–Trinajstić information content (AvgIpc) is 2.67. The van der Waals surface area contributed by atoms with E-state index in [0.29, 0.717) is 6.42 Å². The molecule has 0 aromatic heterocycles. The zero-order chi connectivity index (χ0) is 14.2. The zero-order valence-electron chi connectivity index (χ0n) is 10.2. The van der Waals surface area contributed by atoms with Crippen molar-refractivity contribution in [2.75, 3.05) is 4.90 Å². The van der Waals surface area contributed by atoms with E-state index < -0.39 is 18.0 Å². The molecule has 1 aromatic carbocycles. The van der Waals surface area contributed by atoms with E-state index in [-0.39, 0.29) is 28.6 Å². The molecular formula is C13H12ClFN2O2. The summed E-state index contributed by atoms with van der Waals surface area (Å²) in [5.41, 5.74) is 0.0283. The summed E-state index contributed by atoms with van der Waals surface area (Å²) < 4.78 is 14.2. The normalized spacial score (nSPS) is 22.7. The number of rotatable bonds is 2. The molecule has 0 bridgehead atoms. The van der Waals surface area contributed by atoms with Gasteiger partial charge in [0.15, 0.2) is 5.82 Å². The van der Waals surface area contributed by atoms with Gasteiger partial charge in [-0.25, -0.2) is 4.39 Å². The minimum absolute atomic E-state index is 0.0115. The molecule has 100 valence electrons. The first kappa shape index (κ1) is 13.8. The fourth-order valence-electron chi connectivity index (χ4n) is 2.35. The molecule has 19 heavy (non-hydrogen) atoms. The Bertz CT molecular complexity index is 570. The van der Waals surface area contributed by atoms with Gasteiger partial charge in [-0.2, -0.15) is 5.26 Å². The minimum Gasteiger partial charge on any atom is -0.390 e. The van der Waals surface area contributed by atoms with E-state index in [2.05, 4.69) is 0 Å². The van der Waals surface area contributed by atoms with Gasteiger partial charge in [0, 0.05) is 0 Å². The number of benzene rings is 1. The van der Waals surface area contributed by atoms with Gasteiger partial charge in [-0.3, -0.25) is 4.79 Å². The first-order chi connectivity index (χ1) is 9.01. The molecule has 1 N–H and O–H groups in total. The number of aliphatic hydroxyl groups is 1. The van der Waals surface area contributed by atoms with E-state index in [9.17, 15) is 14.3 Å². The highest BCUT2D eigenvalue weighted by molar-refractivity contribution is 6.32. The molecule has 0 saturated carbocycles. The molecule has 6 heteroatoms. The third kappa shape index (κ3) is 2.18. The van der Waals surface area contributed by atoms with E-state index >= 15 is 0 Å². The van der Waals surface area contributed by atoms with E-state index in [0.717, 1.165) is 0 Å². The predicted octanol–water partition coefficient (Wildman–Crippen LogP) is 2.23. The third-order valence-corrected chi connectivity index (χ3v) is 3.66. The number of nitrogens with zero attached hydrogens (tertiary/aromatic N) is 2. The Morgan fingerprint density at radius 1 is 1.63 bits per heavy atom. The van der Waals surface area contributed by atoms with Crippen molar-refractivity contribution in [1.29, 1.82) is 5.26 Å². The molecule has 2 rings (SSSR count). The molecule has 1 saturated heterocycles. The Morgan fingerprint density at radius 3 is 2.89 bits per heavy atom. The topological polar surface area (TPSA) is 64.3 Å². The highest BCUT2D eigenvalue weighted by atomic mass is 35.5. The Labute approximate surface area is 115 Å². The maximum atomic E-state index is 14.2. The summed E-state index contributed by atoms with van der Waals surface area (Å²) in [5, 5.41) is 18.2. The van der Waals surface area contributed by atoms with Crippen molar-refractivity contribution < 1.29 is 14.3 Å². The largest absolute Gasteiger partial charge is 0.390 e. The summed E-state index contributed by atoms with van der Waals surface area (Å²) in [6.45, 7) is 1.81. The van der Waals surface area contributed by atoms with Gasteiger partial charge in [-0.15, -0.1) is 0 Å². The molecule has 1 aromatic rings. The molecule has 1 heterocycles. The maximum absolute atomic E-state index is 14.2. The third-order valence-electron chi connectivity index (χ3n) is 3.29. The van der Waals surface area contributed by atoms with Crippen LogP contribution in [-0.4, -0.2) is 23.2 Å². The second kappa shape index (κ2) is 5.16. The van der Waals surface area contributed by atoms with Crippen molar-refractivity contribution in [3.05, 3.63) is 28.5 Å². The SMILES string of the molecule is CCC1C(O)CC(=O)N1c1ccc(C#N)c(Cl)c1F. The smallest absolute Gasteiger partial charge is 0.230 e. The monoisotopic (exact) mass is 282 g/mol. The van der Waals surface area contributed by atoms with Crippen LogP contribution in [0.15, 0.2) is 12.1 Å². The molecule has 1 aliphatic rings. The van der Waals surface area contributed by atoms with Crippen LogP contribution in [0.5, 0.6) is 0 Å². The summed E-state index contributed by atoms with van der Waals surface area (Å²) >= 11 is 5.75. The van der Waals surface area contributed by atoms with Crippen molar-refractivity contribution in [1.82, 2.24) is 0 Å². The summed E-state index contributed by atoms with van der Waals surface area (Å²) in [6, 6.07) is 4.02. The number of hydrogen-bond donors (Lipinski definition) is 1. The van der Waals surface area contributed by atoms with Crippen LogP contribution in [0.4, 0.5) is 10.1 Å². The first-order valence-corrected chi connectivity index (χ1v) is 6.27. The highest BCUT2D eigenvalue weighted by Crippen LogP contribution is 2.34. The summed E-state index contributed by atoms with van der Waals surface area (Å²) in [7, 11) is 0. The van der Waals surface area contributed by atoms with Gasteiger partial charge in [-0.05, 0) is 18.6 Å². The average molecular weight is 283 g/mol. The van der Waals surface area contributed by atoms with Gasteiger partial charge in [0.1, 0.15) is 6.07 Å². The molecule has 0 radical (unpaired) electrons. The molecule has 4 nitrogen and oxygen atoms in total. The second-order valence-corrected chi connectivity index (χ2v) is 4.76. The minimum atomic E-state index is -0.814. The van der Waals surface area contributed by atoms with Crippen LogP contribution in [0.1, 0.15) is 25.3 Å². The van der Waals surface area contributed by atoms with Crippen LogP contribution in [0, 0.1) is 17.1 Å². The van der Waals surface area contributed by atoms with E-state index in [1.165, 1.54) is 17.0 Å². The number of halogens is 2. The van der Waals surface area contributed by atoms with Crippen LogP contribution >= 0.6 is 11.6 Å². The lowest BCUT2D eigenvalue weighted by atomic mass is 10.1. The quantitative estimate of drug-likeness (QED) is 0.905. The van der Waals surface area contributed by atoms with Gasteiger partial charge in [0.05, 0.1) is 34.8 Å². The maximum Gasteiger partial charge on any atom is 0.230 e. The van der Waals surface area contributed by atoms with Crippen molar-refractivity contribution >= 4 is 23.2 Å². The number of aliphatic hydroxyl groups excluding tert-OH is 1. The number of carbonyl (C=O) groups excluding carboxylic acids is 1. The molecular weight excluding hydrogens is 271 g/mol. The summed E-state index contributed by atoms with van der Waals surface area (Å²) in [4.78, 5) is 13.1. The van der Waals surface area contributed by atoms with E-state index in [4.69, 9.17) is 16.9 Å². The fraction of sp³-hybridized carbons (Fsp3) is 0.385. The van der Waals surface area contributed by atoms with E-state index in [1.807, 2.05) is 6.92 Å². The Balaban J connectivity index is 2.50. The van der Waals surface area contributed by atoms with Crippen LogP contribution < -0.4 is 4.90 Å². The summed E-state index contributed by atoms with van der Waals surface area (Å²) in [5.74, 6) is -1.15. The van der Waals surface area contributed by atoms with Crippen molar-refractivity contribution in [2.24, 2.45) is 0 Å². The highest BCUT2D eigenvalue weighted by Gasteiger charge is 2.39. The number of anilines is 1. The van der Waals surface area contributed by atoms with Crippen LogP contribution in [0.25, 0.3) is 0 Å². The van der Waals surface area contributed by atoms with Crippen molar-refractivity contribution in [2.45, 2.75) is 31.9 Å². The van der Waals surface area contributed by atoms with Gasteiger partial charge in [0.25, 0.3) is 0 Å². The molecule has 1 amide bonds. The van der Waals surface area contributed by atoms with Crippen LogP contribution in [0.2, 0.25) is 5.02 Å². The lowest BCUT2D eigenvalue weighted by molar-refractivity contribution is -0.117. The van der Waals surface area contributed by atoms with Crippen molar-refractivity contribution in [3.63, 3.8) is 0 Å². The molecule has 2 unspecified atom stereocenters. The Hall–Kier alpha value is -1.64. The van der Waals surface area contributed by atoms with Gasteiger partial charge < -0.3 is 10.0 Å². The molecule has 1 aliphatic heterocycles. The predicted molar refractivity (Wildman–Crippen MR) is 68.3 cm³/mol. The lowest BCUT2D eigenvalue weighted by Gasteiger charge is -2.26. The standard InChI is InChI=1S/C13H12ClFN2O2/c1-2-8-10(18)5-11(19)17(8)9-4-3-7(6-16)12(14)13(9)15/h3-4,8,10,18H,2,5H2,1H3. The van der Waals surface area contributed by atoms with Crippen molar-refractivity contribution in [3.8, 4) is 6.07 Å². The lowest BCUT2D eigenvalue weighted by Crippen LogP contribution is -2.37. The Kier molecular flexibility index (Phi) is 3.74. The fourth-order valence-corrected chi connectivity index (χ4v) is 2.55. The number of nitriles is 1. The van der Waals surface area contributed by atoms with Gasteiger partial charge >= 0.3 is 0 Å². The van der Waals surface area contributed by atoms with Crippen LogP contribution in [-0.2, 0) is 4.79 Å². The molecule has 2 atom stereocenters. The summed E-state index contributed by atoms with van der Waals surface area (Å²) in [6.07, 6.45) is -0.342. The molecule has 0 spiro atoms. The van der Waals surface area contributed by atoms with Crippen LogP contribution in [0.3, 0.4) is 0 Å². The first-order valence-electron chi connectivity index (χ1n) is 5.89. The number of amides is 1. The molecule has 1 fully saturated rings.